The van der Waals surface area contributed by atoms with Gasteiger partial charge in [0.2, 0.25) is 0 Å². The molecule has 4 unspecified atom stereocenters. The van der Waals surface area contributed by atoms with Crippen molar-refractivity contribution in [2.45, 2.75) is 71.3 Å². The average molecular weight is 389 g/mol. The summed E-state index contributed by atoms with van der Waals surface area (Å²) in [5.74, 6) is 2.77. The number of carbonyl (C=O) groups is 1. The number of aromatic nitrogens is 2. The summed E-state index contributed by atoms with van der Waals surface area (Å²) in [5, 5.41) is 0. The van der Waals surface area contributed by atoms with Crippen molar-refractivity contribution in [2.75, 3.05) is 0 Å². The quantitative estimate of drug-likeness (QED) is 0.591. The van der Waals surface area contributed by atoms with E-state index in [2.05, 4.69) is 49.0 Å². The molecule has 3 heteroatoms. The zero-order valence-electron chi connectivity index (χ0n) is 17.7. The molecule has 1 heterocycles. The fourth-order valence-electron chi connectivity index (χ4n) is 8.22. The first-order chi connectivity index (χ1) is 14.0. The molecule has 0 radical (unpaired) electrons. The molecule has 3 saturated carbocycles. The molecule has 0 N–H and O–H groups in total. The third-order valence-electron chi connectivity index (χ3n) is 9.73. The number of allylic oxidation sites excluding steroid dienone is 1. The molecule has 1 aromatic heterocycles. The van der Waals surface area contributed by atoms with E-state index in [-0.39, 0.29) is 5.41 Å². The predicted molar refractivity (Wildman–Crippen MR) is 115 cm³/mol. The summed E-state index contributed by atoms with van der Waals surface area (Å²) in [7, 11) is 0. The van der Waals surface area contributed by atoms with E-state index in [1.54, 1.807) is 0 Å². The minimum atomic E-state index is 0.276. The molecule has 29 heavy (non-hydrogen) atoms. The maximum Gasteiger partial charge on any atom is 0.155 e. The zero-order valence-corrected chi connectivity index (χ0v) is 17.7. The van der Waals surface area contributed by atoms with Crippen molar-refractivity contribution >= 4 is 16.8 Å². The van der Waals surface area contributed by atoms with Crippen LogP contribution in [0.5, 0.6) is 0 Å². The van der Waals surface area contributed by atoms with Crippen molar-refractivity contribution in [3.8, 4) is 0 Å². The Balaban J connectivity index is 1.36. The Hall–Kier alpha value is -1.90. The van der Waals surface area contributed by atoms with Crippen LogP contribution in [-0.4, -0.2) is 15.3 Å². The summed E-state index contributed by atoms with van der Waals surface area (Å²) in [6.07, 6.45) is 13.7. The lowest BCUT2D eigenvalue weighted by Crippen LogP contribution is -2.50. The summed E-state index contributed by atoms with van der Waals surface area (Å²) < 4.78 is 2.50. The van der Waals surface area contributed by atoms with E-state index in [0.717, 1.165) is 42.5 Å². The van der Waals surface area contributed by atoms with Gasteiger partial charge in [0.05, 0.1) is 17.4 Å². The summed E-state index contributed by atoms with van der Waals surface area (Å²) in [5.41, 5.74) is 4.55. The molecule has 2 aromatic rings. The maximum atomic E-state index is 12.1. The molecule has 0 aliphatic heterocycles. The van der Waals surface area contributed by atoms with Crippen LogP contribution in [0, 0.1) is 28.6 Å². The molecule has 0 spiro atoms. The second-order valence-corrected chi connectivity index (χ2v) is 10.7. The first-order valence-corrected chi connectivity index (χ1v) is 11.7. The van der Waals surface area contributed by atoms with Crippen molar-refractivity contribution in [3.63, 3.8) is 0 Å². The minimum absolute atomic E-state index is 0.276. The number of ketones is 1. The van der Waals surface area contributed by atoms with Gasteiger partial charge in [-0.1, -0.05) is 31.6 Å². The molecule has 6 rings (SSSR count). The molecule has 4 aliphatic rings. The van der Waals surface area contributed by atoms with Crippen molar-refractivity contribution in [1.82, 2.24) is 9.55 Å². The Morgan fingerprint density at radius 3 is 2.76 bits per heavy atom. The molecular formula is C26H32N2O. The number of rotatable bonds is 1. The van der Waals surface area contributed by atoms with Crippen LogP contribution in [0.4, 0.5) is 0 Å². The van der Waals surface area contributed by atoms with E-state index in [4.69, 9.17) is 4.98 Å². The molecule has 3 nitrogen and oxygen atoms in total. The van der Waals surface area contributed by atoms with Gasteiger partial charge in [0, 0.05) is 12.5 Å². The number of imidazole rings is 1. The van der Waals surface area contributed by atoms with Crippen LogP contribution in [0.3, 0.4) is 0 Å². The molecular weight excluding hydrogens is 356 g/mol. The van der Waals surface area contributed by atoms with Gasteiger partial charge in [-0.05, 0) is 91.7 Å². The first kappa shape index (κ1) is 17.9. The molecule has 0 amide bonds. The van der Waals surface area contributed by atoms with Crippen molar-refractivity contribution in [2.24, 2.45) is 28.6 Å². The number of hydrogen-bond donors (Lipinski definition) is 0. The van der Waals surface area contributed by atoms with Crippen LogP contribution in [0.1, 0.15) is 71.3 Å². The van der Waals surface area contributed by atoms with Crippen LogP contribution < -0.4 is 0 Å². The van der Waals surface area contributed by atoms with Crippen molar-refractivity contribution in [1.29, 1.82) is 0 Å². The van der Waals surface area contributed by atoms with E-state index in [1.165, 1.54) is 43.2 Å². The van der Waals surface area contributed by atoms with Gasteiger partial charge in [0.25, 0.3) is 0 Å². The SMILES string of the molecule is C[C@]12CCC3C(CCC4=CC(=O)CC[C@@]43C)C1CCC2n1cnc2ccccc21. The number of fused-ring (bicyclic) bond motifs is 6. The number of para-hydroxylation sites is 2. The lowest BCUT2D eigenvalue weighted by molar-refractivity contribution is -0.117. The zero-order chi connectivity index (χ0) is 19.8. The molecule has 4 aliphatic carbocycles. The second-order valence-electron chi connectivity index (χ2n) is 10.7. The lowest BCUT2D eigenvalue weighted by atomic mass is 9.47. The first-order valence-electron chi connectivity index (χ1n) is 11.7. The van der Waals surface area contributed by atoms with Crippen molar-refractivity contribution in [3.05, 3.63) is 42.2 Å². The molecule has 0 bridgehead atoms. The highest BCUT2D eigenvalue weighted by Gasteiger charge is 2.59. The van der Waals surface area contributed by atoms with Crippen LogP contribution >= 0.6 is 0 Å². The summed E-state index contributed by atoms with van der Waals surface area (Å²) in [6, 6.07) is 9.18. The van der Waals surface area contributed by atoms with Gasteiger partial charge in [0.15, 0.2) is 5.78 Å². The van der Waals surface area contributed by atoms with Crippen LogP contribution in [0.25, 0.3) is 11.0 Å². The number of hydrogen-bond acceptors (Lipinski definition) is 2. The van der Waals surface area contributed by atoms with Gasteiger partial charge in [0.1, 0.15) is 0 Å². The van der Waals surface area contributed by atoms with E-state index >= 15 is 0 Å². The van der Waals surface area contributed by atoms with Gasteiger partial charge in [-0.3, -0.25) is 4.79 Å². The standard InChI is InChI=1S/C26H32N2O/c1-25-13-11-18(29)15-17(25)7-8-19-20-9-10-24(26(20,2)14-12-21(19)25)28-16-27-22-5-3-4-6-23(22)28/h3-6,15-16,19-21,24H,7-14H2,1-2H3/t19?,20?,21?,24?,25-,26-/m0/s1. The fraction of sp³-hybridized carbons (Fsp3) is 0.615. The van der Waals surface area contributed by atoms with E-state index in [0.29, 0.717) is 17.2 Å². The Morgan fingerprint density at radius 2 is 1.86 bits per heavy atom. The Morgan fingerprint density at radius 1 is 1.00 bits per heavy atom. The fourth-order valence-corrected chi connectivity index (χ4v) is 8.22. The third-order valence-corrected chi connectivity index (χ3v) is 9.73. The normalized spacial score (nSPS) is 41.6. The van der Waals surface area contributed by atoms with Crippen LogP contribution in [-0.2, 0) is 4.79 Å². The smallest absolute Gasteiger partial charge is 0.155 e. The number of nitrogens with zero attached hydrogens (tertiary/aromatic N) is 2. The van der Waals surface area contributed by atoms with Crippen LogP contribution in [0.15, 0.2) is 42.2 Å². The summed E-state index contributed by atoms with van der Waals surface area (Å²) in [6.45, 7) is 5.07. The van der Waals surface area contributed by atoms with E-state index < -0.39 is 0 Å². The molecule has 6 atom stereocenters. The van der Waals surface area contributed by atoms with Crippen LogP contribution in [0.2, 0.25) is 0 Å². The number of benzene rings is 1. The van der Waals surface area contributed by atoms with E-state index in [9.17, 15) is 4.79 Å². The highest BCUT2D eigenvalue weighted by atomic mass is 16.1. The predicted octanol–water partition coefficient (Wildman–Crippen LogP) is 6.11. The molecule has 3 fully saturated rings. The topological polar surface area (TPSA) is 34.9 Å². The number of carbonyl (C=O) groups excluding carboxylic acids is 1. The monoisotopic (exact) mass is 388 g/mol. The van der Waals surface area contributed by atoms with Gasteiger partial charge < -0.3 is 4.57 Å². The molecule has 1 aromatic carbocycles. The summed E-state index contributed by atoms with van der Waals surface area (Å²) in [4.78, 5) is 16.8. The second kappa shape index (κ2) is 6.06. The molecule has 152 valence electrons. The maximum absolute atomic E-state index is 12.1. The van der Waals surface area contributed by atoms with Gasteiger partial charge >= 0.3 is 0 Å². The van der Waals surface area contributed by atoms with Gasteiger partial charge in [-0.15, -0.1) is 0 Å². The van der Waals surface area contributed by atoms with Crippen molar-refractivity contribution < 1.29 is 4.79 Å². The highest BCUT2D eigenvalue weighted by molar-refractivity contribution is 5.91. The minimum Gasteiger partial charge on any atom is -0.327 e. The Kier molecular flexibility index (Phi) is 3.74. The third kappa shape index (κ3) is 2.36. The Bertz CT molecular complexity index is 1020. The lowest BCUT2D eigenvalue weighted by Gasteiger charge is -2.58. The van der Waals surface area contributed by atoms with Gasteiger partial charge in [-0.25, -0.2) is 4.98 Å². The highest BCUT2D eigenvalue weighted by Crippen LogP contribution is 2.67. The average Bonchev–Trinajstić information content (AvgIpc) is 3.29. The van der Waals surface area contributed by atoms with E-state index in [1.807, 2.05) is 6.08 Å². The summed E-state index contributed by atoms with van der Waals surface area (Å²) >= 11 is 0. The molecule has 0 saturated heterocycles. The largest absolute Gasteiger partial charge is 0.327 e. The van der Waals surface area contributed by atoms with Gasteiger partial charge in [-0.2, -0.15) is 0 Å². The Labute approximate surface area is 173 Å².